The van der Waals surface area contributed by atoms with Crippen LogP contribution in [0, 0.1) is 18.3 Å². The third-order valence-corrected chi connectivity index (χ3v) is 5.66. The van der Waals surface area contributed by atoms with Crippen LogP contribution in [0.4, 0.5) is 13.2 Å². The summed E-state index contributed by atoms with van der Waals surface area (Å²) in [5, 5.41) is 13.4. The molecule has 0 bridgehead atoms. The van der Waals surface area contributed by atoms with E-state index < -0.39 is 18.2 Å². The molecule has 170 valence electrons. The number of aromatic nitrogens is 3. The average molecular weight is 476 g/mol. The monoisotopic (exact) mass is 475 g/mol. The van der Waals surface area contributed by atoms with Crippen molar-refractivity contribution in [3.8, 4) is 17.5 Å². The predicted octanol–water partition coefficient (Wildman–Crippen LogP) is 4.59. The quantitative estimate of drug-likeness (QED) is 0.551. The summed E-state index contributed by atoms with van der Waals surface area (Å²) >= 11 is 6.26. The van der Waals surface area contributed by atoms with Crippen LogP contribution >= 0.6 is 11.6 Å². The summed E-state index contributed by atoms with van der Waals surface area (Å²) < 4.78 is 45.9. The van der Waals surface area contributed by atoms with Crippen LogP contribution in [-0.2, 0) is 13.1 Å². The van der Waals surface area contributed by atoms with E-state index in [1.165, 1.54) is 11.0 Å². The second-order valence-electron chi connectivity index (χ2n) is 7.56. The fraction of sp³-hybridized carbons (Fsp3) is 0.273. The first-order valence-electron chi connectivity index (χ1n) is 9.84. The molecular formula is C22H17ClF3N5O2. The SMILES string of the molecule is Cc1cc(-n2ncc3c2CN(C(=O)c2c(O[C@@H](C)C(F)(F)F)ccc(C#N)c2Cl)C3)ccn1. The molecule has 0 aliphatic carbocycles. The lowest BCUT2D eigenvalue weighted by molar-refractivity contribution is -0.189. The minimum absolute atomic E-state index is 0.0397. The van der Waals surface area contributed by atoms with Crippen molar-refractivity contribution in [3.63, 3.8) is 0 Å². The fourth-order valence-electron chi connectivity index (χ4n) is 3.54. The molecule has 1 aliphatic rings. The Morgan fingerprint density at radius 2 is 2.06 bits per heavy atom. The van der Waals surface area contributed by atoms with Gasteiger partial charge in [-0.1, -0.05) is 11.6 Å². The molecule has 0 radical (unpaired) electrons. The maximum absolute atomic E-state index is 13.4. The highest BCUT2D eigenvalue weighted by molar-refractivity contribution is 6.35. The van der Waals surface area contributed by atoms with Gasteiger partial charge >= 0.3 is 6.18 Å². The fourth-order valence-corrected chi connectivity index (χ4v) is 3.82. The first-order chi connectivity index (χ1) is 15.6. The van der Waals surface area contributed by atoms with Crippen LogP contribution in [-0.4, -0.2) is 37.9 Å². The molecule has 11 heteroatoms. The molecule has 0 spiro atoms. The van der Waals surface area contributed by atoms with Gasteiger partial charge in [0.05, 0.1) is 34.7 Å². The van der Waals surface area contributed by atoms with Crippen molar-refractivity contribution in [2.24, 2.45) is 0 Å². The van der Waals surface area contributed by atoms with E-state index in [9.17, 15) is 23.2 Å². The van der Waals surface area contributed by atoms with E-state index in [2.05, 4.69) is 10.1 Å². The van der Waals surface area contributed by atoms with Crippen molar-refractivity contribution < 1.29 is 22.7 Å². The van der Waals surface area contributed by atoms with Crippen LogP contribution in [0.3, 0.4) is 0 Å². The first kappa shape index (κ1) is 22.6. The van der Waals surface area contributed by atoms with Gasteiger partial charge in [0.25, 0.3) is 5.91 Å². The standard InChI is InChI=1S/C22H17ClF3N5O2/c1-12-7-16(5-6-28-12)31-17-11-30(10-15(17)9-29-31)21(32)19-18(33-13(2)22(24,25)26)4-3-14(8-27)20(19)23/h3-7,9,13H,10-11H2,1-2H3/t13-/m0/s1. The lowest BCUT2D eigenvalue weighted by atomic mass is 10.1. The summed E-state index contributed by atoms with van der Waals surface area (Å²) in [5.41, 5.74) is 2.79. The molecule has 0 saturated heterocycles. The summed E-state index contributed by atoms with van der Waals surface area (Å²) in [6.45, 7) is 3.00. The van der Waals surface area contributed by atoms with E-state index >= 15 is 0 Å². The van der Waals surface area contributed by atoms with Gasteiger partial charge in [0.15, 0.2) is 6.10 Å². The number of amides is 1. The molecule has 0 saturated carbocycles. The van der Waals surface area contributed by atoms with Gasteiger partial charge in [0.2, 0.25) is 0 Å². The largest absolute Gasteiger partial charge is 0.480 e. The average Bonchev–Trinajstić information content (AvgIpc) is 3.34. The summed E-state index contributed by atoms with van der Waals surface area (Å²) in [5.74, 6) is -0.980. The Kier molecular flexibility index (Phi) is 5.76. The molecule has 33 heavy (non-hydrogen) atoms. The zero-order chi connectivity index (χ0) is 23.9. The van der Waals surface area contributed by atoms with Crippen LogP contribution in [0.5, 0.6) is 5.75 Å². The number of pyridine rings is 1. The number of aryl methyl sites for hydroxylation is 1. The summed E-state index contributed by atoms with van der Waals surface area (Å²) in [4.78, 5) is 19.0. The molecule has 0 N–H and O–H groups in total. The van der Waals surface area contributed by atoms with Crippen LogP contribution < -0.4 is 4.74 Å². The van der Waals surface area contributed by atoms with E-state index in [4.69, 9.17) is 16.3 Å². The van der Waals surface area contributed by atoms with Crippen LogP contribution in [0.15, 0.2) is 36.7 Å². The number of rotatable bonds is 4. The minimum Gasteiger partial charge on any atom is -0.480 e. The molecule has 4 rings (SSSR count). The Hall–Kier alpha value is -3.58. The second kappa shape index (κ2) is 8.41. The van der Waals surface area contributed by atoms with E-state index in [1.807, 2.05) is 19.1 Å². The number of fused-ring (bicyclic) bond motifs is 1. The van der Waals surface area contributed by atoms with E-state index in [1.54, 1.807) is 23.1 Å². The summed E-state index contributed by atoms with van der Waals surface area (Å²) in [7, 11) is 0. The Balaban J connectivity index is 1.67. The van der Waals surface area contributed by atoms with E-state index in [0.717, 1.165) is 35.6 Å². The topological polar surface area (TPSA) is 84.0 Å². The van der Waals surface area contributed by atoms with Crippen molar-refractivity contribution >= 4 is 17.5 Å². The molecule has 3 heterocycles. The maximum atomic E-state index is 13.4. The first-order valence-corrected chi connectivity index (χ1v) is 10.2. The molecular weight excluding hydrogens is 459 g/mol. The third-order valence-electron chi connectivity index (χ3n) is 5.27. The van der Waals surface area contributed by atoms with Gasteiger partial charge in [0.1, 0.15) is 17.4 Å². The number of hydrogen-bond donors (Lipinski definition) is 0. The number of benzene rings is 1. The van der Waals surface area contributed by atoms with E-state index in [0.29, 0.717) is 0 Å². The van der Waals surface area contributed by atoms with Gasteiger partial charge in [-0.3, -0.25) is 9.78 Å². The summed E-state index contributed by atoms with van der Waals surface area (Å²) in [6.07, 6.45) is -3.53. The lowest BCUT2D eigenvalue weighted by Crippen LogP contribution is -2.33. The van der Waals surface area contributed by atoms with Gasteiger partial charge in [-0.25, -0.2) is 4.68 Å². The smallest absolute Gasteiger partial charge is 0.425 e. The molecule has 1 atom stereocenters. The number of hydrogen-bond acceptors (Lipinski definition) is 5. The van der Waals surface area contributed by atoms with Crippen LogP contribution in [0.1, 0.15) is 39.8 Å². The Morgan fingerprint density at radius 3 is 2.73 bits per heavy atom. The normalized spacial score (nSPS) is 14.0. The van der Waals surface area contributed by atoms with Crippen LogP contribution in [0.25, 0.3) is 5.69 Å². The molecule has 7 nitrogen and oxygen atoms in total. The van der Waals surface area contributed by atoms with Gasteiger partial charge in [-0.15, -0.1) is 0 Å². The lowest BCUT2D eigenvalue weighted by Gasteiger charge is -2.23. The number of carbonyl (C=O) groups excluding carboxylic acids is 1. The summed E-state index contributed by atoms with van der Waals surface area (Å²) in [6, 6.07) is 7.84. The predicted molar refractivity (Wildman–Crippen MR) is 112 cm³/mol. The van der Waals surface area contributed by atoms with Gasteiger partial charge in [-0.05, 0) is 38.1 Å². The van der Waals surface area contributed by atoms with Crippen LogP contribution in [0.2, 0.25) is 5.02 Å². The molecule has 1 aromatic carbocycles. The van der Waals surface area contributed by atoms with Crippen molar-refractivity contribution in [1.29, 1.82) is 5.26 Å². The van der Waals surface area contributed by atoms with Crippen molar-refractivity contribution in [2.75, 3.05) is 0 Å². The molecule has 0 fully saturated rings. The van der Waals surface area contributed by atoms with Crippen molar-refractivity contribution in [3.05, 3.63) is 69.8 Å². The van der Waals surface area contributed by atoms with Gasteiger partial charge < -0.3 is 9.64 Å². The van der Waals surface area contributed by atoms with E-state index in [-0.39, 0.29) is 35.0 Å². The number of halogens is 4. The number of ether oxygens (including phenoxy) is 1. The number of nitrogens with zero attached hydrogens (tertiary/aromatic N) is 5. The van der Waals surface area contributed by atoms with Crippen molar-refractivity contribution in [1.82, 2.24) is 19.7 Å². The highest BCUT2D eigenvalue weighted by Gasteiger charge is 2.39. The highest BCUT2D eigenvalue weighted by atomic mass is 35.5. The molecule has 1 amide bonds. The van der Waals surface area contributed by atoms with Gasteiger partial charge in [0, 0.05) is 24.0 Å². The van der Waals surface area contributed by atoms with Gasteiger partial charge in [-0.2, -0.15) is 23.5 Å². The maximum Gasteiger partial charge on any atom is 0.425 e. The molecule has 0 unspecified atom stereocenters. The zero-order valence-corrected chi connectivity index (χ0v) is 18.3. The Bertz CT molecular complexity index is 1280. The Labute approximate surface area is 192 Å². The molecule has 1 aliphatic heterocycles. The number of nitriles is 1. The molecule has 2 aromatic heterocycles. The zero-order valence-electron chi connectivity index (χ0n) is 17.5. The minimum atomic E-state index is -4.64. The highest BCUT2D eigenvalue weighted by Crippen LogP contribution is 2.36. The third kappa shape index (κ3) is 4.24. The Morgan fingerprint density at radius 1 is 1.30 bits per heavy atom. The second-order valence-corrected chi connectivity index (χ2v) is 7.94. The number of carbonyl (C=O) groups is 1. The van der Waals surface area contributed by atoms with Crippen molar-refractivity contribution in [2.45, 2.75) is 39.2 Å². The molecule has 3 aromatic rings. The number of alkyl halides is 3.